The number of benzene rings is 2. The van der Waals surface area contributed by atoms with Crippen molar-refractivity contribution in [3.05, 3.63) is 63.4 Å². The van der Waals surface area contributed by atoms with Crippen LogP contribution in [0.1, 0.15) is 50.2 Å². The molecule has 6 heteroatoms. The summed E-state index contributed by atoms with van der Waals surface area (Å²) in [6.45, 7) is 8.00. The van der Waals surface area contributed by atoms with Gasteiger partial charge in [-0.05, 0) is 44.9 Å². The molecule has 0 aliphatic rings. The zero-order valence-corrected chi connectivity index (χ0v) is 18.1. The van der Waals surface area contributed by atoms with Gasteiger partial charge in [0, 0.05) is 12.5 Å². The Balaban J connectivity index is 2.07. The Morgan fingerprint density at radius 3 is 2.43 bits per heavy atom. The van der Waals surface area contributed by atoms with Crippen molar-refractivity contribution in [2.75, 3.05) is 0 Å². The van der Waals surface area contributed by atoms with E-state index in [4.69, 9.17) is 28.2 Å². The number of fused-ring (bicyclic) bond motifs is 1. The number of amides is 1. The normalized spacial score (nSPS) is 13.5. The van der Waals surface area contributed by atoms with Gasteiger partial charge in [0.15, 0.2) is 0 Å². The summed E-state index contributed by atoms with van der Waals surface area (Å²) < 4.78 is 1.97. The van der Waals surface area contributed by atoms with Crippen LogP contribution >= 0.6 is 23.2 Å². The number of carbonyl (C=O) groups excluding carboxylic acids is 1. The van der Waals surface area contributed by atoms with E-state index in [1.807, 2.05) is 25.3 Å². The molecule has 0 aliphatic carbocycles. The van der Waals surface area contributed by atoms with Gasteiger partial charge in [-0.1, -0.05) is 60.0 Å². The number of imidazole rings is 1. The van der Waals surface area contributed by atoms with Gasteiger partial charge in [-0.15, -0.1) is 0 Å². The highest BCUT2D eigenvalue weighted by molar-refractivity contribution is 6.42. The summed E-state index contributed by atoms with van der Waals surface area (Å²) in [5, 5.41) is 3.97. The minimum Gasteiger partial charge on any atom is -0.352 e. The van der Waals surface area contributed by atoms with Crippen LogP contribution in [-0.4, -0.2) is 21.5 Å². The summed E-state index contributed by atoms with van der Waals surface area (Å²) in [6, 6.07) is 11.6. The van der Waals surface area contributed by atoms with Gasteiger partial charge in [0.25, 0.3) is 0 Å². The molecule has 0 aliphatic heterocycles. The van der Waals surface area contributed by atoms with Crippen molar-refractivity contribution in [2.24, 2.45) is 0 Å². The van der Waals surface area contributed by atoms with Crippen LogP contribution in [0.4, 0.5) is 0 Å². The lowest BCUT2D eigenvalue weighted by atomic mass is 10.1. The summed E-state index contributed by atoms with van der Waals surface area (Å²) in [4.78, 5) is 17.6. The Labute approximate surface area is 175 Å². The number of nitrogens with one attached hydrogen (secondary N) is 1. The fourth-order valence-corrected chi connectivity index (χ4v) is 3.48. The van der Waals surface area contributed by atoms with Gasteiger partial charge in [-0.3, -0.25) is 4.79 Å². The smallest absolute Gasteiger partial charge is 0.243 e. The number of hydrogen-bond acceptors (Lipinski definition) is 2. The summed E-state index contributed by atoms with van der Waals surface area (Å²) >= 11 is 12.5. The third kappa shape index (κ3) is 4.34. The van der Waals surface area contributed by atoms with Gasteiger partial charge < -0.3 is 9.88 Å². The highest BCUT2D eigenvalue weighted by Gasteiger charge is 2.23. The molecule has 2 aromatic carbocycles. The minimum atomic E-state index is -0.420. The number of hydrogen-bond donors (Lipinski definition) is 1. The van der Waals surface area contributed by atoms with Crippen LogP contribution in [0.25, 0.3) is 11.0 Å². The molecule has 0 unspecified atom stereocenters. The molecule has 0 radical (unpaired) electrons. The van der Waals surface area contributed by atoms with Gasteiger partial charge in [0.2, 0.25) is 5.91 Å². The number of aromatic nitrogens is 2. The van der Waals surface area contributed by atoms with Gasteiger partial charge in [0.05, 0.1) is 21.1 Å². The SMILES string of the molecule is CC[C@H](C)NC(=O)[C@@H](C)n1c(Cc2ccc(C)cc2)nc2cc(Cl)c(Cl)cc21. The van der Waals surface area contributed by atoms with E-state index < -0.39 is 6.04 Å². The Morgan fingerprint density at radius 1 is 1.14 bits per heavy atom. The molecule has 4 nitrogen and oxygen atoms in total. The predicted octanol–water partition coefficient (Wildman–Crippen LogP) is 5.72. The molecule has 148 valence electrons. The highest BCUT2D eigenvalue weighted by atomic mass is 35.5. The third-order valence-corrected chi connectivity index (χ3v) is 5.78. The van der Waals surface area contributed by atoms with Crippen molar-refractivity contribution < 1.29 is 4.79 Å². The summed E-state index contributed by atoms with van der Waals surface area (Å²) in [7, 11) is 0. The maximum atomic E-state index is 12.8. The fraction of sp³-hybridized carbons (Fsp3) is 0.364. The van der Waals surface area contributed by atoms with Crippen molar-refractivity contribution in [1.82, 2.24) is 14.9 Å². The zero-order valence-electron chi connectivity index (χ0n) is 16.6. The summed E-state index contributed by atoms with van der Waals surface area (Å²) in [5.41, 5.74) is 3.88. The largest absolute Gasteiger partial charge is 0.352 e. The summed E-state index contributed by atoms with van der Waals surface area (Å²) in [5.74, 6) is 0.772. The zero-order chi connectivity index (χ0) is 20.4. The first-order valence-electron chi connectivity index (χ1n) is 9.52. The number of nitrogens with zero attached hydrogens (tertiary/aromatic N) is 2. The molecule has 28 heavy (non-hydrogen) atoms. The molecule has 0 spiro atoms. The molecule has 1 aromatic heterocycles. The van der Waals surface area contributed by atoms with E-state index in [2.05, 4.69) is 36.5 Å². The molecule has 0 fully saturated rings. The monoisotopic (exact) mass is 417 g/mol. The van der Waals surface area contributed by atoms with E-state index in [0.717, 1.165) is 28.8 Å². The molecule has 1 amide bonds. The lowest BCUT2D eigenvalue weighted by Gasteiger charge is -2.20. The Hall–Kier alpha value is -2.04. The van der Waals surface area contributed by atoms with E-state index in [1.54, 1.807) is 12.1 Å². The molecular weight excluding hydrogens is 393 g/mol. The van der Waals surface area contributed by atoms with Gasteiger partial charge in [0.1, 0.15) is 11.9 Å². The van der Waals surface area contributed by atoms with E-state index in [0.29, 0.717) is 16.5 Å². The maximum Gasteiger partial charge on any atom is 0.243 e. The van der Waals surface area contributed by atoms with Crippen molar-refractivity contribution >= 4 is 40.1 Å². The quantitative estimate of drug-likeness (QED) is 0.557. The number of rotatable bonds is 6. The lowest BCUT2D eigenvalue weighted by molar-refractivity contribution is -0.124. The number of aryl methyl sites for hydroxylation is 1. The van der Waals surface area contributed by atoms with Crippen LogP contribution in [0.2, 0.25) is 10.0 Å². The van der Waals surface area contributed by atoms with Crippen molar-refractivity contribution in [3.8, 4) is 0 Å². The Morgan fingerprint density at radius 2 is 1.79 bits per heavy atom. The van der Waals surface area contributed by atoms with E-state index in [-0.39, 0.29) is 11.9 Å². The predicted molar refractivity (Wildman–Crippen MR) is 116 cm³/mol. The van der Waals surface area contributed by atoms with Crippen molar-refractivity contribution in [3.63, 3.8) is 0 Å². The van der Waals surface area contributed by atoms with Crippen LogP contribution in [-0.2, 0) is 11.2 Å². The number of halogens is 2. The minimum absolute atomic E-state index is 0.0371. The molecule has 0 bridgehead atoms. The molecule has 0 saturated heterocycles. The average molecular weight is 418 g/mol. The second-order valence-corrected chi connectivity index (χ2v) is 8.12. The van der Waals surface area contributed by atoms with Crippen LogP contribution in [0, 0.1) is 6.92 Å². The van der Waals surface area contributed by atoms with Crippen LogP contribution in [0.15, 0.2) is 36.4 Å². The van der Waals surface area contributed by atoms with Crippen LogP contribution < -0.4 is 5.32 Å². The van der Waals surface area contributed by atoms with Crippen molar-refractivity contribution in [1.29, 1.82) is 0 Å². The first kappa shape index (κ1) is 20.7. The molecule has 3 aromatic rings. The Kier molecular flexibility index (Phi) is 6.31. The van der Waals surface area contributed by atoms with E-state index >= 15 is 0 Å². The highest BCUT2D eigenvalue weighted by Crippen LogP contribution is 2.31. The van der Waals surface area contributed by atoms with Gasteiger partial charge in [-0.25, -0.2) is 4.98 Å². The van der Waals surface area contributed by atoms with Crippen LogP contribution in [0.5, 0.6) is 0 Å². The third-order valence-electron chi connectivity index (χ3n) is 5.06. The molecular formula is C22H25Cl2N3O. The molecule has 3 rings (SSSR count). The van der Waals surface area contributed by atoms with E-state index in [9.17, 15) is 4.79 Å². The van der Waals surface area contributed by atoms with Crippen molar-refractivity contribution in [2.45, 2.75) is 52.6 Å². The molecule has 0 saturated carbocycles. The molecule has 2 atom stereocenters. The molecule has 1 N–H and O–H groups in total. The standard InChI is InChI=1S/C22H25Cl2N3O/c1-5-14(3)25-22(28)15(4)27-20-12-18(24)17(23)11-19(20)26-21(27)10-16-8-6-13(2)7-9-16/h6-9,11-12,14-15H,5,10H2,1-4H3,(H,25,28)/t14-,15+/m0/s1. The Bertz CT molecular complexity index is 995. The first-order valence-corrected chi connectivity index (χ1v) is 10.3. The second-order valence-electron chi connectivity index (χ2n) is 7.31. The summed E-state index contributed by atoms with van der Waals surface area (Å²) in [6.07, 6.45) is 1.49. The maximum absolute atomic E-state index is 12.8. The topological polar surface area (TPSA) is 46.9 Å². The second kappa shape index (κ2) is 8.54. The van der Waals surface area contributed by atoms with Gasteiger partial charge in [-0.2, -0.15) is 0 Å². The van der Waals surface area contributed by atoms with Crippen LogP contribution in [0.3, 0.4) is 0 Å². The lowest BCUT2D eigenvalue weighted by Crippen LogP contribution is -2.37. The van der Waals surface area contributed by atoms with E-state index in [1.165, 1.54) is 5.56 Å². The first-order chi connectivity index (χ1) is 13.3. The van der Waals surface area contributed by atoms with Gasteiger partial charge >= 0.3 is 0 Å². The number of carbonyl (C=O) groups is 1. The average Bonchev–Trinajstić information content (AvgIpc) is 2.99. The molecule has 1 heterocycles. The fourth-order valence-electron chi connectivity index (χ4n) is 3.17.